The molecule has 0 saturated carbocycles. The topological polar surface area (TPSA) is 63.8 Å². The van der Waals surface area contributed by atoms with Crippen molar-refractivity contribution >= 4 is 0 Å². The van der Waals surface area contributed by atoms with Crippen LogP contribution in [0.2, 0.25) is 0 Å². The van der Waals surface area contributed by atoms with Crippen molar-refractivity contribution < 1.29 is 5.11 Å². The first-order valence-electron chi connectivity index (χ1n) is 4.34. The number of aromatic nitrogens is 4. The summed E-state index contributed by atoms with van der Waals surface area (Å²) >= 11 is 0. The summed E-state index contributed by atoms with van der Waals surface area (Å²) in [5.41, 5.74) is 1.21. The fourth-order valence-corrected chi connectivity index (χ4v) is 1.52. The minimum Gasteiger partial charge on any atom is -0.389 e. The highest BCUT2D eigenvalue weighted by molar-refractivity contribution is 5.15. The van der Waals surface area contributed by atoms with Crippen LogP contribution in [0.15, 0.2) is 11.6 Å². The summed E-state index contributed by atoms with van der Waals surface area (Å²) in [5.74, 6) is 0.725. The summed E-state index contributed by atoms with van der Waals surface area (Å²) in [5, 5.41) is 20.9. The summed E-state index contributed by atoms with van der Waals surface area (Å²) in [6.45, 7) is 0. The molecule has 1 unspecified atom stereocenters. The first kappa shape index (κ1) is 8.37. The molecule has 0 bridgehead atoms. The lowest BCUT2D eigenvalue weighted by atomic mass is 10.2. The lowest BCUT2D eigenvalue weighted by Crippen LogP contribution is -1.94. The maximum Gasteiger partial charge on any atom is 0.178 e. The molecule has 0 spiro atoms. The van der Waals surface area contributed by atoms with Crippen LogP contribution in [0.5, 0.6) is 0 Å². The van der Waals surface area contributed by atoms with Crippen LogP contribution in [-0.2, 0) is 13.5 Å². The Morgan fingerprint density at radius 1 is 1.69 bits per heavy atom. The molecule has 0 saturated heterocycles. The van der Waals surface area contributed by atoms with Crippen molar-refractivity contribution in [2.45, 2.75) is 25.4 Å². The molecule has 0 amide bonds. The van der Waals surface area contributed by atoms with Gasteiger partial charge in [0, 0.05) is 6.42 Å². The van der Waals surface area contributed by atoms with Gasteiger partial charge < -0.3 is 5.11 Å². The molecule has 1 aliphatic carbocycles. The Morgan fingerprint density at radius 2 is 2.54 bits per heavy atom. The highest BCUT2D eigenvalue weighted by Crippen LogP contribution is 2.20. The molecular weight excluding hydrogens is 168 g/mol. The summed E-state index contributed by atoms with van der Waals surface area (Å²) in [6.07, 6.45) is 4.10. The van der Waals surface area contributed by atoms with Crippen LogP contribution in [0.3, 0.4) is 0 Å². The molecule has 13 heavy (non-hydrogen) atoms. The van der Waals surface area contributed by atoms with Gasteiger partial charge in [-0.25, -0.2) is 0 Å². The van der Waals surface area contributed by atoms with Crippen LogP contribution >= 0.6 is 0 Å². The van der Waals surface area contributed by atoms with Crippen LogP contribution in [-0.4, -0.2) is 31.4 Å². The zero-order valence-electron chi connectivity index (χ0n) is 7.51. The quantitative estimate of drug-likeness (QED) is 0.642. The van der Waals surface area contributed by atoms with E-state index >= 15 is 0 Å². The highest BCUT2D eigenvalue weighted by atomic mass is 16.3. The van der Waals surface area contributed by atoms with Crippen molar-refractivity contribution in [3.8, 4) is 0 Å². The van der Waals surface area contributed by atoms with E-state index in [1.807, 2.05) is 6.08 Å². The number of rotatable bonds is 2. The third-order valence-corrected chi connectivity index (χ3v) is 2.12. The average molecular weight is 180 g/mol. The normalized spacial score (nSPS) is 22.0. The number of tetrazole rings is 1. The summed E-state index contributed by atoms with van der Waals surface area (Å²) < 4.78 is 0. The van der Waals surface area contributed by atoms with Gasteiger partial charge in [-0.3, -0.25) is 0 Å². The minimum absolute atomic E-state index is 0.272. The van der Waals surface area contributed by atoms with Gasteiger partial charge in [0.15, 0.2) is 5.82 Å². The maximum absolute atomic E-state index is 9.24. The van der Waals surface area contributed by atoms with E-state index in [9.17, 15) is 5.11 Å². The predicted molar refractivity (Wildman–Crippen MR) is 45.8 cm³/mol. The third-order valence-electron chi connectivity index (χ3n) is 2.12. The number of allylic oxidation sites excluding steroid dienone is 1. The molecule has 1 aromatic heterocycles. The van der Waals surface area contributed by atoms with Crippen molar-refractivity contribution in [3.63, 3.8) is 0 Å². The van der Waals surface area contributed by atoms with E-state index in [1.165, 1.54) is 10.4 Å². The predicted octanol–water partition coefficient (Wildman–Crippen LogP) is -0.166. The summed E-state index contributed by atoms with van der Waals surface area (Å²) in [6, 6.07) is 0. The zero-order valence-corrected chi connectivity index (χ0v) is 7.51. The van der Waals surface area contributed by atoms with Crippen molar-refractivity contribution in [2.75, 3.05) is 0 Å². The average Bonchev–Trinajstić information content (AvgIpc) is 2.62. The molecule has 0 aromatic carbocycles. The first-order chi connectivity index (χ1) is 6.24. The van der Waals surface area contributed by atoms with Crippen molar-refractivity contribution in [1.82, 2.24) is 20.2 Å². The molecule has 0 radical (unpaired) electrons. The molecule has 1 atom stereocenters. The highest BCUT2D eigenvalue weighted by Gasteiger charge is 2.14. The van der Waals surface area contributed by atoms with E-state index in [4.69, 9.17) is 0 Å². The van der Waals surface area contributed by atoms with E-state index in [2.05, 4.69) is 15.4 Å². The van der Waals surface area contributed by atoms with Gasteiger partial charge in [-0.1, -0.05) is 11.6 Å². The van der Waals surface area contributed by atoms with E-state index in [1.54, 1.807) is 7.05 Å². The molecule has 0 aliphatic heterocycles. The number of nitrogens with zero attached hydrogens (tertiary/aromatic N) is 4. The molecule has 1 aromatic rings. The fourth-order valence-electron chi connectivity index (χ4n) is 1.52. The lowest BCUT2D eigenvalue weighted by molar-refractivity contribution is 0.223. The van der Waals surface area contributed by atoms with Gasteiger partial charge in [0.05, 0.1) is 13.2 Å². The van der Waals surface area contributed by atoms with Crippen LogP contribution in [0, 0.1) is 0 Å². The molecule has 1 aliphatic rings. The molecule has 5 nitrogen and oxygen atoms in total. The molecule has 5 heteroatoms. The Balaban J connectivity index is 2.02. The molecule has 1 heterocycles. The Kier molecular flexibility index (Phi) is 2.10. The Labute approximate surface area is 76.1 Å². The first-order valence-corrected chi connectivity index (χ1v) is 4.34. The third kappa shape index (κ3) is 1.92. The lowest BCUT2D eigenvalue weighted by Gasteiger charge is -1.93. The number of aliphatic hydroxyl groups excluding tert-OH is 1. The molecule has 1 N–H and O–H groups in total. The fraction of sp³-hybridized carbons (Fsp3) is 0.625. The van der Waals surface area contributed by atoms with E-state index in [0.717, 1.165) is 18.7 Å². The second-order valence-electron chi connectivity index (χ2n) is 3.30. The maximum atomic E-state index is 9.24. The minimum atomic E-state index is -0.272. The van der Waals surface area contributed by atoms with Crippen molar-refractivity contribution in [3.05, 3.63) is 17.5 Å². The van der Waals surface area contributed by atoms with E-state index in [0.29, 0.717) is 6.42 Å². The summed E-state index contributed by atoms with van der Waals surface area (Å²) in [4.78, 5) is 1.45. The molecule has 70 valence electrons. The van der Waals surface area contributed by atoms with Gasteiger partial charge in [0.25, 0.3) is 0 Å². The van der Waals surface area contributed by atoms with Gasteiger partial charge in [0.2, 0.25) is 0 Å². The van der Waals surface area contributed by atoms with Crippen LogP contribution in [0.25, 0.3) is 0 Å². The Bertz CT molecular complexity index is 331. The van der Waals surface area contributed by atoms with Gasteiger partial charge >= 0.3 is 0 Å². The second-order valence-corrected chi connectivity index (χ2v) is 3.30. The second kappa shape index (κ2) is 3.26. The SMILES string of the molecule is Cn1nnc(CC2=CC(O)CC2)n1. The number of hydrogen-bond acceptors (Lipinski definition) is 4. The van der Waals surface area contributed by atoms with E-state index in [-0.39, 0.29) is 6.10 Å². The molecular formula is C8H12N4O. The number of aliphatic hydroxyl groups is 1. The van der Waals surface area contributed by atoms with Gasteiger partial charge in [-0.15, -0.1) is 10.2 Å². The van der Waals surface area contributed by atoms with Crippen molar-refractivity contribution in [2.24, 2.45) is 7.05 Å². The van der Waals surface area contributed by atoms with Crippen LogP contribution in [0.1, 0.15) is 18.7 Å². The van der Waals surface area contributed by atoms with E-state index < -0.39 is 0 Å². The smallest absolute Gasteiger partial charge is 0.178 e. The van der Waals surface area contributed by atoms with Crippen LogP contribution < -0.4 is 0 Å². The molecule has 0 fully saturated rings. The number of aryl methyl sites for hydroxylation is 1. The monoisotopic (exact) mass is 180 g/mol. The molecule has 2 rings (SSSR count). The Morgan fingerprint density at radius 3 is 3.08 bits per heavy atom. The number of hydrogen-bond donors (Lipinski definition) is 1. The largest absolute Gasteiger partial charge is 0.389 e. The van der Waals surface area contributed by atoms with Crippen molar-refractivity contribution in [1.29, 1.82) is 0 Å². The Hall–Kier alpha value is -1.23. The van der Waals surface area contributed by atoms with Gasteiger partial charge in [-0.05, 0) is 18.1 Å². The van der Waals surface area contributed by atoms with Gasteiger partial charge in [0.1, 0.15) is 0 Å². The van der Waals surface area contributed by atoms with Gasteiger partial charge in [-0.2, -0.15) is 4.80 Å². The van der Waals surface area contributed by atoms with Crippen LogP contribution in [0.4, 0.5) is 0 Å². The summed E-state index contributed by atoms with van der Waals surface area (Å²) in [7, 11) is 1.74. The zero-order chi connectivity index (χ0) is 9.26. The standard InChI is InChI=1S/C8H12N4O/c1-12-10-8(9-11-12)5-6-2-3-7(13)4-6/h4,7,13H,2-3,5H2,1H3.